The highest BCUT2D eigenvalue weighted by atomic mass is 19.4. The van der Waals surface area contributed by atoms with Gasteiger partial charge in [-0.1, -0.05) is 0 Å². The average Bonchev–Trinajstić information content (AvgIpc) is 2.73. The second kappa shape index (κ2) is 9.34. The summed E-state index contributed by atoms with van der Waals surface area (Å²) < 4.78 is 129. The predicted molar refractivity (Wildman–Crippen MR) is 102 cm³/mol. The highest BCUT2D eigenvalue weighted by Crippen LogP contribution is 2.34. The molecule has 0 saturated carbocycles. The number of benzene rings is 1. The van der Waals surface area contributed by atoms with Crippen LogP contribution >= 0.6 is 0 Å². The quantitative estimate of drug-likeness (QED) is 0.240. The van der Waals surface area contributed by atoms with Crippen molar-refractivity contribution in [1.29, 1.82) is 0 Å². The summed E-state index contributed by atoms with van der Waals surface area (Å²) in [5, 5.41) is 5.72. The van der Waals surface area contributed by atoms with E-state index in [0.717, 1.165) is 24.5 Å². The van der Waals surface area contributed by atoms with Gasteiger partial charge < -0.3 is 5.32 Å². The number of nitrogens with zero attached hydrogens (tertiary/aromatic N) is 4. The molecule has 0 unspecified atom stereocenters. The largest absolute Gasteiger partial charge is 0.433 e. The summed E-state index contributed by atoms with van der Waals surface area (Å²) in [6, 6.07) is 3.70. The standard InChI is InChI=1S/C19H10F10N6/c20-12-3-2-10(5-11(12)17(21,22)23)32-15-6-14(19(27,28)29)33-16(34-15)35-31-8-9-1-4-13(30-7-9)18(24,25)26/h1-8H,(H2,32,33,34,35)/b31-8+. The van der Waals surface area contributed by atoms with E-state index < -0.39 is 58.8 Å². The minimum absolute atomic E-state index is 0.0433. The molecule has 0 fully saturated rings. The van der Waals surface area contributed by atoms with Crippen LogP contribution in [-0.2, 0) is 18.5 Å². The van der Waals surface area contributed by atoms with E-state index in [4.69, 9.17) is 0 Å². The van der Waals surface area contributed by atoms with E-state index in [-0.39, 0.29) is 5.56 Å². The van der Waals surface area contributed by atoms with Gasteiger partial charge in [0.2, 0.25) is 5.95 Å². The molecule has 6 nitrogen and oxygen atoms in total. The van der Waals surface area contributed by atoms with Gasteiger partial charge in [0.25, 0.3) is 0 Å². The Morgan fingerprint density at radius 1 is 0.771 bits per heavy atom. The fraction of sp³-hybridized carbons (Fsp3) is 0.158. The van der Waals surface area contributed by atoms with Gasteiger partial charge in [-0.15, -0.1) is 0 Å². The first-order valence-corrected chi connectivity index (χ1v) is 9.05. The minimum atomic E-state index is -5.06. The third kappa shape index (κ3) is 6.77. The molecule has 0 amide bonds. The van der Waals surface area contributed by atoms with Gasteiger partial charge in [0.1, 0.15) is 17.3 Å². The van der Waals surface area contributed by atoms with Crippen LogP contribution in [-0.4, -0.2) is 21.2 Å². The molecule has 0 aliphatic rings. The van der Waals surface area contributed by atoms with Crippen molar-refractivity contribution in [3.05, 3.63) is 70.9 Å². The van der Waals surface area contributed by atoms with Gasteiger partial charge in [-0.25, -0.2) is 14.8 Å². The average molecular weight is 512 g/mol. The van der Waals surface area contributed by atoms with Crippen LogP contribution in [0.2, 0.25) is 0 Å². The molecule has 0 atom stereocenters. The normalized spacial score (nSPS) is 12.7. The van der Waals surface area contributed by atoms with Gasteiger partial charge in [-0.3, -0.25) is 4.98 Å². The van der Waals surface area contributed by atoms with Crippen LogP contribution in [0.25, 0.3) is 0 Å². The zero-order valence-corrected chi connectivity index (χ0v) is 16.7. The SMILES string of the molecule is Fc1ccc(Nc2cc(C(F)(F)F)nc(N/N=C/c3ccc(C(F)(F)F)nc3)n2)cc1C(F)(F)F. The molecule has 0 spiro atoms. The number of anilines is 3. The summed E-state index contributed by atoms with van der Waals surface area (Å²) >= 11 is 0. The zero-order chi connectivity index (χ0) is 26.0. The maximum absolute atomic E-state index is 13.4. The van der Waals surface area contributed by atoms with E-state index in [1.165, 1.54) is 0 Å². The molecule has 0 radical (unpaired) electrons. The van der Waals surface area contributed by atoms with Crippen LogP contribution in [0.5, 0.6) is 0 Å². The van der Waals surface area contributed by atoms with Gasteiger partial charge in [0.05, 0.1) is 11.8 Å². The second-order valence-corrected chi connectivity index (χ2v) is 6.62. The Kier molecular flexibility index (Phi) is 6.84. The van der Waals surface area contributed by atoms with E-state index in [1.54, 1.807) is 0 Å². The Morgan fingerprint density at radius 2 is 1.46 bits per heavy atom. The zero-order valence-electron chi connectivity index (χ0n) is 16.7. The number of pyridine rings is 1. The lowest BCUT2D eigenvalue weighted by atomic mass is 10.2. The van der Waals surface area contributed by atoms with Gasteiger partial charge in [0, 0.05) is 23.5 Å². The molecule has 1 aromatic carbocycles. The summed E-state index contributed by atoms with van der Waals surface area (Å²) in [6.45, 7) is 0. The molecule has 3 aromatic rings. The van der Waals surface area contributed by atoms with E-state index >= 15 is 0 Å². The summed E-state index contributed by atoms with van der Waals surface area (Å²) in [5.41, 5.74) is -2.66. The number of alkyl halides is 9. The van der Waals surface area contributed by atoms with Crippen molar-refractivity contribution < 1.29 is 43.9 Å². The highest BCUT2D eigenvalue weighted by Gasteiger charge is 2.35. The molecule has 2 aromatic heterocycles. The summed E-state index contributed by atoms with van der Waals surface area (Å²) in [5.74, 6) is -2.95. The predicted octanol–water partition coefficient (Wildman–Crippen LogP) is 6.26. The summed E-state index contributed by atoms with van der Waals surface area (Å²) in [6.07, 6.45) is -13.0. The van der Waals surface area contributed by atoms with Crippen LogP contribution in [0.4, 0.5) is 61.4 Å². The van der Waals surface area contributed by atoms with Crippen molar-refractivity contribution in [2.75, 3.05) is 10.7 Å². The monoisotopic (exact) mass is 512 g/mol. The summed E-state index contributed by atoms with van der Waals surface area (Å²) in [4.78, 5) is 10.0. The molecule has 0 aliphatic heterocycles. The number of hydrogen-bond acceptors (Lipinski definition) is 6. The van der Waals surface area contributed by atoms with Crippen molar-refractivity contribution in [3.8, 4) is 0 Å². The lowest BCUT2D eigenvalue weighted by molar-refractivity contribution is -0.141. The number of nitrogens with one attached hydrogen (secondary N) is 2. The Morgan fingerprint density at radius 3 is 2.03 bits per heavy atom. The Balaban J connectivity index is 1.85. The molecule has 35 heavy (non-hydrogen) atoms. The number of aromatic nitrogens is 3. The van der Waals surface area contributed by atoms with Crippen LogP contribution in [0, 0.1) is 5.82 Å². The van der Waals surface area contributed by atoms with Gasteiger partial charge in [-0.05, 0) is 30.3 Å². The maximum Gasteiger partial charge on any atom is 0.433 e. The van der Waals surface area contributed by atoms with Crippen molar-refractivity contribution in [2.45, 2.75) is 18.5 Å². The number of halogens is 10. The van der Waals surface area contributed by atoms with E-state index in [9.17, 15) is 43.9 Å². The van der Waals surface area contributed by atoms with Crippen LogP contribution in [0.1, 0.15) is 22.5 Å². The lowest BCUT2D eigenvalue weighted by Crippen LogP contribution is -2.12. The summed E-state index contributed by atoms with van der Waals surface area (Å²) in [7, 11) is 0. The topological polar surface area (TPSA) is 75.1 Å². The second-order valence-electron chi connectivity index (χ2n) is 6.62. The number of rotatable bonds is 5. The Labute approximate surface area is 188 Å². The Bertz CT molecular complexity index is 1220. The molecule has 16 heteroatoms. The van der Waals surface area contributed by atoms with Crippen molar-refractivity contribution in [2.24, 2.45) is 5.10 Å². The van der Waals surface area contributed by atoms with Crippen LogP contribution < -0.4 is 10.7 Å². The first-order valence-electron chi connectivity index (χ1n) is 9.05. The number of hydrazone groups is 1. The lowest BCUT2D eigenvalue weighted by Gasteiger charge is -2.13. The third-order valence-corrected chi connectivity index (χ3v) is 4.02. The fourth-order valence-electron chi connectivity index (χ4n) is 2.49. The molecule has 2 N–H and O–H groups in total. The molecular weight excluding hydrogens is 502 g/mol. The molecule has 0 bridgehead atoms. The molecule has 0 saturated heterocycles. The maximum atomic E-state index is 13.4. The first-order chi connectivity index (χ1) is 16.1. The van der Waals surface area contributed by atoms with Crippen molar-refractivity contribution >= 4 is 23.7 Å². The van der Waals surface area contributed by atoms with E-state index in [0.29, 0.717) is 24.3 Å². The molecule has 2 heterocycles. The minimum Gasteiger partial charge on any atom is -0.340 e. The fourth-order valence-corrected chi connectivity index (χ4v) is 2.49. The number of hydrogen-bond donors (Lipinski definition) is 2. The first kappa shape index (κ1) is 25.6. The Hall–Kier alpha value is -3.98. The molecule has 3 rings (SSSR count). The van der Waals surface area contributed by atoms with Crippen molar-refractivity contribution in [1.82, 2.24) is 15.0 Å². The third-order valence-electron chi connectivity index (χ3n) is 4.02. The van der Waals surface area contributed by atoms with Gasteiger partial charge in [0.15, 0.2) is 5.69 Å². The van der Waals surface area contributed by atoms with Gasteiger partial charge >= 0.3 is 18.5 Å². The van der Waals surface area contributed by atoms with Crippen LogP contribution in [0.3, 0.4) is 0 Å². The molecular formula is C19H10F10N6. The van der Waals surface area contributed by atoms with Crippen LogP contribution in [0.15, 0.2) is 47.7 Å². The van der Waals surface area contributed by atoms with E-state index in [2.05, 4.69) is 25.4 Å². The smallest absolute Gasteiger partial charge is 0.340 e. The van der Waals surface area contributed by atoms with Gasteiger partial charge in [-0.2, -0.15) is 49.6 Å². The highest BCUT2D eigenvalue weighted by molar-refractivity contribution is 5.79. The molecule has 0 aliphatic carbocycles. The van der Waals surface area contributed by atoms with E-state index in [1.807, 2.05) is 5.43 Å². The molecule has 186 valence electrons. The van der Waals surface area contributed by atoms with Crippen molar-refractivity contribution in [3.63, 3.8) is 0 Å².